The van der Waals surface area contributed by atoms with Crippen LogP contribution < -0.4 is 4.90 Å². The molecule has 2 aromatic rings. The monoisotopic (exact) mass is 395 g/mol. The van der Waals surface area contributed by atoms with E-state index in [0.29, 0.717) is 38.3 Å². The molecule has 0 saturated carbocycles. The molecule has 28 heavy (non-hydrogen) atoms. The van der Waals surface area contributed by atoms with Crippen molar-refractivity contribution in [1.29, 1.82) is 0 Å². The summed E-state index contributed by atoms with van der Waals surface area (Å²) >= 11 is 0. The quantitative estimate of drug-likeness (QED) is 0.731. The lowest BCUT2D eigenvalue weighted by molar-refractivity contribution is -0.138. The van der Waals surface area contributed by atoms with Crippen LogP contribution in [-0.4, -0.2) is 35.9 Å². The van der Waals surface area contributed by atoms with Crippen LogP contribution in [0.25, 0.3) is 0 Å². The Hall–Kier alpha value is -2.64. The van der Waals surface area contributed by atoms with Gasteiger partial charge in [-0.2, -0.15) is 13.2 Å². The molecule has 2 heterocycles. The third-order valence-electron chi connectivity index (χ3n) is 4.93. The summed E-state index contributed by atoms with van der Waals surface area (Å²) in [6, 6.07) is 8.52. The summed E-state index contributed by atoms with van der Waals surface area (Å²) in [7, 11) is 1.69. The summed E-state index contributed by atoms with van der Waals surface area (Å²) in [5.41, 5.74) is -0.0532. The van der Waals surface area contributed by atoms with E-state index in [1.54, 1.807) is 24.1 Å². The fraction of sp³-hybridized carbons (Fsp3) is 0.400. The molecule has 1 amide bonds. The molecule has 1 aromatic heterocycles. The summed E-state index contributed by atoms with van der Waals surface area (Å²) in [4.78, 5) is 20.0. The summed E-state index contributed by atoms with van der Waals surface area (Å²) in [5, 5.41) is 0. The van der Waals surface area contributed by atoms with Crippen molar-refractivity contribution in [2.45, 2.75) is 25.6 Å². The lowest BCUT2D eigenvalue weighted by Gasteiger charge is -2.34. The second-order valence-corrected chi connectivity index (χ2v) is 6.99. The van der Waals surface area contributed by atoms with Crippen LogP contribution in [0.5, 0.6) is 0 Å². The van der Waals surface area contributed by atoms with Crippen molar-refractivity contribution in [3.05, 3.63) is 59.5 Å². The molecule has 1 aliphatic rings. The Morgan fingerprint density at radius 2 is 1.93 bits per heavy atom. The Kier molecular flexibility index (Phi) is 5.86. The second kappa shape index (κ2) is 8.16. The highest BCUT2D eigenvalue weighted by molar-refractivity contribution is 5.79. The summed E-state index contributed by atoms with van der Waals surface area (Å²) < 4.78 is 51.2. The molecule has 0 atom stereocenters. The number of piperidine rings is 1. The lowest BCUT2D eigenvalue weighted by atomic mass is 9.95. The molecule has 0 aliphatic carbocycles. The molecule has 0 N–H and O–H groups in total. The number of nitrogens with zero attached hydrogens (tertiary/aromatic N) is 3. The van der Waals surface area contributed by atoms with Crippen molar-refractivity contribution in [2.24, 2.45) is 5.92 Å². The Bertz CT molecular complexity index is 815. The number of carbonyl (C=O) groups is 1. The van der Waals surface area contributed by atoms with Crippen LogP contribution in [0.15, 0.2) is 42.6 Å². The van der Waals surface area contributed by atoms with E-state index in [-0.39, 0.29) is 17.6 Å². The third kappa shape index (κ3) is 4.79. The van der Waals surface area contributed by atoms with Gasteiger partial charge in [-0.1, -0.05) is 12.1 Å². The van der Waals surface area contributed by atoms with Crippen molar-refractivity contribution >= 4 is 11.7 Å². The van der Waals surface area contributed by atoms with E-state index >= 15 is 0 Å². The smallest absolute Gasteiger partial charge is 0.357 e. The molecule has 4 nitrogen and oxygen atoms in total. The Morgan fingerprint density at radius 1 is 1.21 bits per heavy atom. The zero-order chi connectivity index (χ0) is 20.3. The number of pyridine rings is 1. The van der Waals surface area contributed by atoms with Gasteiger partial charge in [-0.25, -0.2) is 9.37 Å². The molecular formula is C20H21F4N3O. The molecule has 1 aromatic carbocycles. The van der Waals surface area contributed by atoms with Gasteiger partial charge in [0.25, 0.3) is 0 Å². The van der Waals surface area contributed by atoms with Gasteiger partial charge >= 0.3 is 6.18 Å². The molecule has 8 heteroatoms. The maximum Gasteiger partial charge on any atom is 0.417 e. The number of alkyl halides is 3. The van der Waals surface area contributed by atoms with Crippen LogP contribution in [0.2, 0.25) is 0 Å². The van der Waals surface area contributed by atoms with Gasteiger partial charge in [0.1, 0.15) is 11.6 Å². The van der Waals surface area contributed by atoms with Gasteiger partial charge in [-0.3, -0.25) is 4.79 Å². The average molecular weight is 395 g/mol. The average Bonchev–Trinajstić information content (AvgIpc) is 2.67. The number of halogens is 4. The topological polar surface area (TPSA) is 36.4 Å². The maximum atomic E-state index is 13.3. The first-order chi connectivity index (χ1) is 13.2. The zero-order valence-electron chi connectivity index (χ0n) is 15.4. The first-order valence-corrected chi connectivity index (χ1v) is 9.01. The molecule has 1 saturated heterocycles. The SMILES string of the molecule is CN(Cc1cccc(F)c1)C(=O)C1CCN(c2ccc(C(F)(F)F)cn2)CC1. The van der Waals surface area contributed by atoms with Gasteiger partial charge in [-0.15, -0.1) is 0 Å². The summed E-state index contributed by atoms with van der Waals surface area (Å²) in [6.45, 7) is 1.42. The lowest BCUT2D eigenvalue weighted by Crippen LogP contribution is -2.41. The Morgan fingerprint density at radius 3 is 2.50 bits per heavy atom. The van der Waals surface area contributed by atoms with Crippen LogP contribution in [0.4, 0.5) is 23.4 Å². The van der Waals surface area contributed by atoms with Crippen molar-refractivity contribution < 1.29 is 22.4 Å². The molecule has 0 radical (unpaired) electrons. The first kappa shape index (κ1) is 20.1. The van der Waals surface area contributed by atoms with Crippen molar-refractivity contribution in [1.82, 2.24) is 9.88 Å². The molecular weight excluding hydrogens is 374 g/mol. The van der Waals surface area contributed by atoms with Gasteiger partial charge in [0, 0.05) is 38.8 Å². The molecule has 0 bridgehead atoms. The Balaban J connectivity index is 1.55. The normalized spacial score (nSPS) is 15.5. The minimum absolute atomic E-state index is 0.00992. The fourth-order valence-corrected chi connectivity index (χ4v) is 3.40. The largest absolute Gasteiger partial charge is 0.417 e. The van der Waals surface area contributed by atoms with Crippen LogP contribution >= 0.6 is 0 Å². The number of carbonyl (C=O) groups excluding carboxylic acids is 1. The number of benzene rings is 1. The van der Waals surface area contributed by atoms with E-state index in [1.807, 2.05) is 4.90 Å². The van der Waals surface area contributed by atoms with E-state index < -0.39 is 11.7 Å². The number of hydrogen-bond acceptors (Lipinski definition) is 3. The van der Waals surface area contributed by atoms with Gasteiger partial charge in [0.05, 0.1) is 5.56 Å². The van der Waals surface area contributed by atoms with Crippen molar-refractivity contribution in [3.8, 4) is 0 Å². The number of hydrogen-bond donors (Lipinski definition) is 0. The van der Waals surface area contributed by atoms with Gasteiger partial charge in [-0.05, 0) is 42.7 Å². The predicted octanol–water partition coefficient (Wildman–Crippen LogP) is 4.11. The Labute approximate surface area is 160 Å². The van der Waals surface area contributed by atoms with E-state index in [2.05, 4.69) is 4.98 Å². The third-order valence-corrected chi connectivity index (χ3v) is 4.93. The number of rotatable bonds is 4. The predicted molar refractivity (Wildman–Crippen MR) is 97.1 cm³/mol. The molecule has 1 aliphatic heterocycles. The standard InChI is InChI=1S/C20H21F4N3O/c1-26(13-14-3-2-4-17(21)11-14)19(28)15-7-9-27(10-8-15)18-6-5-16(12-25-18)20(22,23)24/h2-6,11-12,15H,7-10,13H2,1H3. The molecule has 0 unspecified atom stereocenters. The van der Waals surface area contributed by atoms with Gasteiger partial charge in [0.2, 0.25) is 5.91 Å². The van der Waals surface area contributed by atoms with Crippen LogP contribution in [0, 0.1) is 11.7 Å². The van der Waals surface area contributed by atoms with Gasteiger partial charge < -0.3 is 9.80 Å². The first-order valence-electron chi connectivity index (χ1n) is 9.01. The summed E-state index contributed by atoms with van der Waals surface area (Å²) in [6.07, 6.45) is -2.39. The van der Waals surface area contributed by atoms with Crippen molar-refractivity contribution in [2.75, 3.05) is 25.0 Å². The van der Waals surface area contributed by atoms with Crippen LogP contribution in [0.3, 0.4) is 0 Å². The number of aromatic nitrogens is 1. The summed E-state index contributed by atoms with van der Waals surface area (Å²) in [5.74, 6) is -0.0312. The van der Waals surface area contributed by atoms with Crippen LogP contribution in [0.1, 0.15) is 24.0 Å². The van der Waals surface area contributed by atoms with E-state index in [4.69, 9.17) is 0 Å². The molecule has 150 valence electrons. The second-order valence-electron chi connectivity index (χ2n) is 6.99. The maximum absolute atomic E-state index is 13.3. The molecule has 0 spiro atoms. The van der Waals surface area contributed by atoms with E-state index in [0.717, 1.165) is 17.8 Å². The highest BCUT2D eigenvalue weighted by atomic mass is 19.4. The fourth-order valence-electron chi connectivity index (χ4n) is 3.40. The zero-order valence-corrected chi connectivity index (χ0v) is 15.4. The van der Waals surface area contributed by atoms with Crippen molar-refractivity contribution in [3.63, 3.8) is 0 Å². The highest BCUT2D eigenvalue weighted by Crippen LogP contribution is 2.30. The minimum atomic E-state index is -4.41. The molecule has 1 fully saturated rings. The van der Waals surface area contributed by atoms with E-state index in [1.165, 1.54) is 18.2 Å². The van der Waals surface area contributed by atoms with Crippen LogP contribution in [-0.2, 0) is 17.5 Å². The highest BCUT2D eigenvalue weighted by Gasteiger charge is 2.32. The minimum Gasteiger partial charge on any atom is -0.357 e. The number of amides is 1. The molecule has 3 rings (SSSR count). The van der Waals surface area contributed by atoms with E-state index in [9.17, 15) is 22.4 Å². The van der Waals surface area contributed by atoms with Gasteiger partial charge in [0.15, 0.2) is 0 Å². The number of anilines is 1.